The number of guanidine groups is 1. The molecule has 0 saturated heterocycles. The lowest BCUT2D eigenvalue weighted by Crippen LogP contribution is -2.38. The Balaban J connectivity index is 0.00000288. The molecule has 1 heterocycles. The quantitative estimate of drug-likeness (QED) is 0.369. The zero-order chi connectivity index (χ0) is 16.7. The highest BCUT2D eigenvalue weighted by molar-refractivity contribution is 14.0. The van der Waals surface area contributed by atoms with Crippen molar-refractivity contribution >= 4 is 52.9 Å². The number of nitrogens with one attached hydrogen (secondary N) is 2. The van der Waals surface area contributed by atoms with Crippen molar-refractivity contribution in [2.45, 2.75) is 33.7 Å². The van der Waals surface area contributed by atoms with Gasteiger partial charge in [0.1, 0.15) is 0 Å². The molecular weight excluding hydrogens is 455 g/mol. The molecule has 1 aromatic heterocycles. The van der Waals surface area contributed by atoms with Gasteiger partial charge in [-0.15, -0.1) is 35.3 Å². The Bertz CT molecular complexity index is 672. The first-order chi connectivity index (χ1) is 11.1. The molecule has 0 spiro atoms. The van der Waals surface area contributed by atoms with Gasteiger partial charge in [0, 0.05) is 23.0 Å². The summed E-state index contributed by atoms with van der Waals surface area (Å²) in [5, 5.41) is 8.51. The topological polar surface area (TPSA) is 49.3 Å². The molecule has 0 saturated carbocycles. The highest BCUT2D eigenvalue weighted by atomic mass is 127. The van der Waals surface area contributed by atoms with E-state index in [1.165, 1.54) is 10.4 Å². The standard InChI is InChI=1S/C17H23ClN4S.HI/c1-4-19-17(21-11-16-12(2)22-13(3)23-16)20-9-8-14-6-5-7-15(18)10-14;/h5-7,10H,4,8-9,11H2,1-3H3,(H2,19,20,21);1H. The first kappa shape index (κ1) is 21.2. The second kappa shape index (κ2) is 10.9. The molecule has 0 aliphatic carbocycles. The predicted octanol–water partition coefficient (Wildman–Crippen LogP) is 4.33. The van der Waals surface area contributed by atoms with Crippen LogP contribution in [0, 0.1) is 13.8 Å². The van der Waals surface area contributed by atoms with Gasteiger partial charge in [-0.3, -0.25) is 0 Å². The molecule has 0 aliphatic rings. The van der Waals surface area contributed by atoms with Gasteiger partial charge in [0.2, 0.25) is 0 Å². The van der Waals surface area contributed by atoms with Crippen molar-refractivity contribution in [2.75, 3.05) is 13.1 Å². The van der Waals surface area contributed by atoms with Gasteiger partial charge in [-0.25, -0.2) is 9.98 Å². The van der Waals surface area contributed by atoms with E-state index < -0.39 is 0 Å². The molecule has 0 bridgehead atoms. The lowest BCUT2D eigenvalue weighted by molar-refractivity contribution is 0.800. The number of aliphatic imine (C=N–C) groups is 1. The van der Waals surface area contributed by atoms with E-state index in [0.717, 1.165) is 41.2 Å². The minimum absolute atomic E-state index is 0. The van der Waals surface area contributed by atoms with Crippen LogP contribution in [0.5, 0.6) is 0 Å². The minimum Gasteiger partial charge on any atom is -0.357 e. The first-order valence-electron chi connectivity index (χ1n) is 7.78. The lowest BCUT2D eigenvalue weighted by atomic mass is 10.1. The van der Waals surface area contributed by atoms with Gasteiger partial charge in [0.05, 0.1) is 17.2 Å². The SMILES string of the molecule is CCNC(=NCc1sc(C)nc1C)NCCc1cccc(Cl)c1.I. The summed E-state index contributed by atoms with van der Waals surface area (Å²) in [5.41, 5.74) is 2.29. The summed E-state index contributed by atoms with van der Waals surface area (Å²) < 4.78 is 0. The molecule has 2 N–H and O–H groups in total. The third-order valence-electron chi connectivity index (χ3n) is 3.32. The summed E-state index contributed by atoms with van der Waals surface area (Å²) in [6.45, 7) is 8.43. The molecule has 0 aliphatic heterocycles. The Hall–Kier alpha value is -0.860. The van der Waals surface area contributed by atoms with Crippen LogP contribution >= 0.6 is 46.9 Å². The minimum atomic E-state index is 0. The molecule has 0 radical (unpaired) electrons. The Morgan fingerprint density at radius 1 is 1.29 bits per heavy atom. The maximum atomic E-state index is 6.01. The third-order valence-corrected chi connectivity index (χ3v) is 4.61. The van der Waals surface area contributed by atoms with E-state index in [1.54, 1.807) is 11.3 Å². The fourth-order valence-electron chi connectivity index (χ4n) is 2.23. The second-order valence-corrected chi connectivity index (χ2v) is 6.97. The Morgan fingerprint density at radius 2 is 2.08 bits per heavy atom. The molecule has 7 heteroatoms. The van der Waals surface area contributed by atoms with Gasteiger partial charge in [0.25, 0.3) is 0 Å². The van der Waals surface area contributed by atoms with Crippen LogP contribution in [0.15, 0.2) is 29.3 Å². The van der Waals surface area contributed by atoms with Crippen molar-refractivity contribution in [3.63, 3.8) is 0 Å². The monoisotopic (exact) mass is 478 g/mol. The lowest BCUT2D eigenvalue weighted by Gasteiger charge is -2.11. The summed E-state index contributed by atoms with van der Waals surface area (Å²) in [6, 6.07) is 7.95. The third kappa shape index (κ3) is 6.94. The second-order valence-electron chi connectivity index (χ2n) is 5.24. The summed E-state index contributed by atoms with van der Waals surface area (Å²) in [5.74, 6) is 0.833. The number of halogens is 2. The van der Waals surface area contributed by atoms with E-state index in [9.17, 15) is 0 Å². The van der Waals surface area contributed by atoms with Gasteiger partial charge >= 0.3 is 0 Å². The van der Waals surface area contributed by atoms with E-state index in [1.807, 2.05) is 32.0 Å². The summed E-state index contributed by atoms with van der Waals surface area (Å²) in [4.78, 5) is 10.3. The molecular formula is C17H24ClIN4S. The van der Waals surface area contributed by atoms with E-state index in [2.05, 4.69) is 33.6 Å². The van der Waals surface area contributed by atoms with Crippen LogP contribution in [0.25, 0.3) is 0 Å². The number of thiazole rings is 1. The normalized spacial score (nSPS) is 11.1. The molecule has 0 atom stereocenters. The van der Waals surface area contributed by atoms with E-state index in [0.29, 0.717) is 6.54 Å². The van der Waals surface area contributed by atoms with Crippen molar-refractivity contribution in [3.05, 3.63) is 50.4 Å². The number of rotatable bonds is 6. The summed E-state index contributed by atoms with van der Waals surface area (Å²) >= 11 is 7.72. The fraction of sp³-hybridized carbons (Fsp3) is 0.412. The smallest absolute Gasteiger partial charge is 0.191 e. The van der Waals surface area contributed by atoms with Crippen molar-refractivity contribution in [1.29, 1.82) is 0 Å². The number of nitrogens with zero attached hydrogens (tertiary/aromatic N) is 2. The number of hydrogen-bond acceptors (Lipinski definition) is 3. The molecule has 0 amide bonds. The van der Waals surface area contributed by atoms with Gasteiger partial charge in [-0.1, -0.05) is 23.7 Å². The summed E-state index contributed by atoms with van der Waals surface area (Å²) in [7, 11) is 0. The number of aromatic nitrogens is 1. The highest BCUT2D eigenvalue weighted by Crippen LogP contribution is 2.17. The molecule has 0 unspecified atom stereocenters. The number of benzene rings is 1. The van der Waals surface area contributed by atoms with Crippen molar-refractivity contribution in [1.82, 2.24) is 15.6 Å². The molecule has 1 aromatic carbocycles. The van der Waals surface area contributed by atoms with Gasteiger partial charge in [-0.05, 0) is 44.9 Å². The van der Waals surface area contributed by atoms with Gasteiger partial charge in [-0.2, -0.15) is 0 Å². The maximum absolute atomic E-state index is 6.01. The van der Waals surface area contributed by atoms with Crippen LogP contribution in [0.4, 0.5) is 0 Å². The molecule has 2 rings (SSSR count). The van der Waals surface area contributed by atoms with E-state index in [4.69, 9.17) is 11.6 Å². The van der Waals surface area contributed by atoms with Crippen LogP contribution < -0.4 is 10.6 Å². The van der Waals surface area contributed by atoms with Crippen LogP contribution in [-0.2, 0) is 13.0 Å². The fourth-order valence-corrected chi connectivity index (χ4v) is 3.31. The van der Waals surface area contributed by atoms with Crippen LogP contribution in [0.1, 0.15) is 28.1 Å². The van der Waals surface area contributed by atoms with E-state index in [-0.39, 0.29) is 24.0 Å². The zero-order valence-electron chi connectivity index (χ0n) is 14.2. The molecule has 4 nitrogen and oxygen atoms in total. The van der Waals surface area contributed by atoms with E-state index >= 15 is 0 Å². The van der Waals surface area contributed by atoms with Gasteiger partial charge in [0.15, 0.2) is 5.96 Å². The molecule has 132 valence electrons. The zero-order valence-corrected chi connectivity index (χ0v) is 18.1. The number of hydrogen-bond donors (Lipinski definition) is 2. The Kier molecular flexibility index (Phi) is 9.61. The highest BCUT2D eigenvalue weighted by Gasteiger charge is 2.05. The molecule has 2 aromatic rings. The summed E-state index contributed by atoms with van der Waals surface area (Å²) in [6.07, 6.45) is 0.906. The first-order valence-corrected chi connectivity index (χ1v) is 8.97. The van der Waals surface area contributed by atoms with Crippen molar-refractivity contribution in [3.8, 4) is 0 Å². The number of aryl methyl sites for hydroxylation is 2. The van der Waals surface area contributed by atoms with Crippen molar-refractivity contribution < 1.29 is 0 Å². The van der Waals surface area contributed by atoms with Crippen molar-refractivity contribution in [2.24, 2.45) is 4.99 Å². The predicted molar refractivity (Wildman–Crippen MR) is 115 cm³/mol. The van der Waals surface area contributed by atoms with Crippen LogP contribution in [-0.4, -0.2) is 24.0 Å². The average Bonchev–Trinajstić information content (AvgIpc) is 2.83. The van der Waals surface area contributed by atoms with Crippen LogP contribution in [0.3, 0.4) is 0 Å². The maximum Gasteiger partial charge on any atom is 0.191 e. The van der Waals surface area contributed by atoms with Gasteiger partial charge < -0.3 is 10.6 Å². The molecule has 24 heavy (non-hydrogen) atoms. The Morgan fingerprint density at radius 3 is 2.71 bits per heavy atom. The largest absolute Gasteiger partial charge is 0.357 e. The van der Waals surface area contributed by atoms with Crippen LogP contribution in [0.2, 0.25) is 5.02 Å². The molecule has 0 fully saturated rings. The Labute approximate surface area is 170 Å². The average molecular weight is 479 g/mol.